The molecule has 0 spiro atoms. The SMILES string of the molecule is CCC(C#N)Oc1c(C)c(F)cc(F)c1F. The van der Waals surface area contributed by atoms with Crippen LogP contribution in [-0.2, 0) is 0 Å². The number of halogens is 3. The summed E-state index contributed by atoms with van der Waals surface area (Å²) in [6.07, 6.45) is -0.623. The minimum absolute atomic E-state index is 0.146. The predicted octanol–water partition coefficient (Wildman–Crippen LogP) is 3.09. The van der Waals surface area contributed by atoms with Gasteiger partial charge in [0.05, 0.1) is 0 Å². The van der Waals surface area contributed by atoms with Gasteiger partial charge in [0.2, 0.25) is 5.82 Å². The topological polar surface area (TPSA) is 33.0 Å². The molecule has 0 radical (unpaired) electrons. The van der Waals surface area contributed by atoms with Crippen LogP contribution < -0.4 is 4.74 Å². The fourth-order valence-corrected chi connectivity index (χ4v) is 1.15. The number of hydrogen-bond acceptors (Lipinski definition) is 2. The first-order chi connectivity index (χ1) is 7.51. The molecule has 0 heterocycles. The molecule has 0 aliphatic carbocycles. The lowest BCUT2D eigenvalue weighted by Gasteiger charge is -2.14. The highest BCUT2D eigenvalue weighted by atomic mass is 19.2. The Morgan fingerprint density at radius 3 is 2.50 bits per heavy atom. The number of ether oxygens (including phenoxy) is 1. The van der Waals surface area contributed by atoms with Crippen molar-refractivity contribution in [2.24, 2.45) is 0 Å². The van der Waals surface area contributed by atoms with Crippen molar-refractivity contribution in [3.05, 3.63) is 29.1 Å². The molecule has 86 valence electrons. The first-order valence-corrected chi connectivity index (χ1v) is 4.71. The summed E-state index contributed by atoms with van der Waals surface area (Å²) >= 11 is 0. The fourth-order valence-electron chi connectivity index (χ4n) is 1.15. The van der Waals surface area contributed by atoms with Gasteiger partial charge in [-0.3, -0.25) is 0 Å². The number of nitriles is 1. The van der Waals surface area contributed by atoms with Crippen molar-refractivity contribution in [3.8, 4) is 11.8 Å². The van der Waals surface area contributed by atoms with Gasteiger partial charge in [0.15, 0.2) is 17.7 Å². The third-order valence-electron chi connectivity index (χ3n) is 2.14. The van der Waals surface area contributed by atoms with Gasteiger partial charge in [-0.2, -0.15) is 9.65 Å². The van der Waals surface area contributed by atoms with Gasteiger partial charge in [-0.05, 0) is 13.3 Å². The molecule has 1 aromatic rings. The molecule has 0 amide bonds. The largest absolute Gasteiger partial charge is 0.472 e. The molecule has 0 N–H and O–H groups in total. The monoisotopic (exact) mass is 229 g/mol. The maximum absolute atomic E-state index is 13.3. The molecule has 1 unspecified atom stereocenters. The Labute approximate surface area is 91.3 Å². The van der Waals surface area contributed by atoms with Gasteiger partial charge < -0.3 is 4.74 Å². The summed E-state index contributed by atoms with van der Waals surface area (Å²) in [5, 5.41) is 8.62. The van der Waals surface area contributed by atoms with E-state index in [1.165, 1.54) is 6.92 Å². The number of hydrogen-bond donors (Lipinski definition) is 0. The van der Waals surface area contributed by atoms with Crippen molar-refractivity contribution in [2.75, 3.05) is 0 Å². The highest BCUT2D eigenvalue weighted by Crippen LogP contribution is 2.28. The molecule has 0 aromatic heterocycles. The Kier molecular flexibility index (Phi) is 3.78. The predicted molar refractivity (Wildman–Crippen MR) is 51.4 cm³/mol. The zero-order valence-corrected chi connectivity index (χ0v) is 8.85. The van der Waals surface area contributed by atoms with E-state index in [1.807, 2.05) is 0 Å². The lowest BCUT2D eigenvalue weighted by molar-refractivity contribution is 0.233. The van der Waals surface area contributed by atoms with E-state index in [0.29, 0.717) is 12.5 Å². The normalized spacial score (nSPS) is 12.0. The van der Waals surface area contributed by atoms with E-state index < -0.39 is 29.3 Å². The summed E-state index contributed by atoms with van der Waals surface area (Å²) in [7, 11) is 0. The van der Waals surface area contributed by atoms with Crippen molar-refractivity contribution in [2.45, 2.75) is 26.4 Å². The van der Waals surface area contributed by atoms with E-state index in [2.05, 4.69) is 0 Å². The molecule has 0 aliphatic heterocycles. The second-order valence-electron chi connectivity index (χ2n) is 3.25. The maximum atomic E-state index is 13.3. The number of rotatable bonds is 3. The van der Waals surface area contributed by atoms with Crippen LogP contribution in [0, 0.1) is 35.7 Å². The van der Waals surface area contributed by atoms with E-state index in [1.54, 1.807) is 13.0 Å². The van der Waals surface area contributed by atoms with Gasteiger partial charge in [0.25, 0.3) is 0 Å². The molecule has 0 bridgehead atoms. The Bertz CT molecular complexity index is 414. The summed E-state index contributed by atoms with van der Waals surface area (Å²) in [4.78, 5) is 0. The van der Waals surface area contributed by atoms with E-state index >= 15 is 0 Å². The van der Waals surface area contributed by atoms with Gasteiger partial charge in [0.1, 0.15) is 11.9 Å². The average molecular weight is 229 g/mol. The minimum atomic E-state index is -1.33. The molecular formula is C11H10F3NO. The van der Waals surface area contributed by atoms with Crippen LogP contribution in [0.15, 0.2) is 6.07 Å². The van der Waals surface area contributed by atoms with Crippen LogP contribution in [0.25, 0.3) is 0 Å². The molecule has 0 fully saturated rings. The zero-order valence-electron chi connectivity index (χ0n) is 8.85. The molecule has 5 heteroatoms. The van der Waals surface area contributed by atoms with Crippen LogP contribution in [0.1, 0.15) is 18.9 Å². The van der Waals surface area contributed by atoms with Crippen molar-refractivity contribution in [1.29, 1.82) is 5.26 Å². The Morgan fingerprint density at radius 1 is 1.38 bits per heavy atom. The molecule has 0 saturated carbocycles. The second-order valence-corrected chi connectivity index (χ2v) is 3.25. The summed E-state index contributed by atoms with van der Waals surface area (Å²) in [5.41, 5.74) is -0.146. The Hall–Kier alpha value is -1.70. The highest BCUT2D eigenvalue weighted by Gasteiger charge is 2.19. The summed E-state index contributed by atoms with van der Waals surface area (Å²) in [5.74, 6) is -4.04. The first-order valence-electron chi connectivity index (χ1n) is 4.71. The molecule has 1 rings (SSSR count). The zero-order chi connectivity index (χ0) is 12.3. The molecule has 0 saturated heterocycles. The van der Waals surface area contributed by atoms with Crippen LogP contribution in [0.4, 0.5) is 13.2 Å². The first kappa shape index (κ1) is 12.4. The van der Waals surface area contributed by atoms with Crippen LogP contribution in [0.3, 0.4) is 0 Å². The molecule has 1 aromatic carbocycles. The van der Waals surface area contributed by atoms with Crippen LogP contribution in [0.2, 0.25) is 0 Å². The average Bonchev–Trinajstić information content (AvgIpc) is 2.27. The third-order valence-corrected chi connectivity index (χ3v) is 2.14. The molecule has 1 atom stereocenters. The minimum Gasteiger partial charge on any atom is -0.472 e. The quantitative estimate of drug-likeness (QED) is 0.746. The van der Waals surface area contributed by atoms with Crippen LogP contribution in [-0.4, -0.2) is 6.10 Å². The van der Waals surface area contributed by atoms with E-state index in [4.69, 9.17) is 10.00 Å². The Balaban J connectivity index is 3.18. The second kappa shape index (κ2) is 4.88. The molecule has 16 heavy (non-hydrogen) atoms. The van der Waals surface area contributed by atoms with Gasteiger partial charge >= 0.3 is 0 Å². The van der Waals surface area contributed by atoms with Crippen molar-refractivity contribution in [1.82, 2.24) is 0 Å². The van der Waals surface area contributed by atoms with Crippen molar-refractivity contribution >= 4 is 0 Å². The van der Waals surface area contributed by atoms with E-state index in [0.717, 1.165) is 0 Å². The lowest BCUT2D eigenvalue weighted by Crippen LogP contribution is -2.15. The van der Waals surface area contributed by atoms with Gasteiger partial charge in [0, 0.05) is 11.6 Å². The number of nitrogens with zero attached hydrogens (tertiary/aromatic N) is 1. The molecule has 0 aliphatic rings. The van der Waals surface area contributed by atoms with Crippen molar-refractivity contribution in [3.63, 3.8) is 0 Å². The fraction of sp³-hybridized carbons (Fsp3) is 0.364. The van der Waals surface area contributed by atoms with Gasteiger partial charge in [-0.25, -0.2) is 8.78 Å². The van der Waals surface area contributed by atoms with Crippen LogP contribution in [0.5, 0.6) is 5.75 Å². The molecular weight excluding hydrogens is 219 g/mol. The van der Waals surface area contributed by atoms with Gasteiger partial charge in [-0.1, -0.05) is 6.92 Å². The standard InChI is InChI=1S/C11H10F3NO/c1-3-7(5-15)16-11-6(2)8(12)4-9(13)10(11)14/h4,7H,3H2,1-2H3. The maximum Gasteiger partial charge on any atom is 0.201 e. The number of benzene rings is 1. The summed E-state index contributed by atoms with van der Waals surface area (Å²) in [6, 6.07) is 2.21. The van der Waals surface area contributed by atoms with Crippen molar-refractivity contribution < 1.29 is 17.9 Å². The summed E-state index contributed by atoms with van der Waals surface area (Å²) in [6.45, 7) is 2.91. The smallest absolute Gasteiger partial charge is 0.201 e. The molecule has 2 nitrogen and oxygen atoms in total. The Morgan fingerprint density at radius 2 is 2.00 bits per heavy atom. The summed E-state index contributed by atoms with van der Waals surface area (Å²) < 4.78 is 44.2. The lowest BCUT2D eigenvalue weighted by atomic mass is 10.2. The van der Waals surface area contributed by atoms with Crippen LogP contribution >= 0.6 is 0 Å². The third kappa shape index (κ3) is 2.27. The van der Waals surface area contributed by atoms with E-state index in [-0.39, 0.29) is 5.56 Å². The van der Waals surface area contributed by atoms with Gasteiger partial charge in [-0.15, -0.1) is 0 Å². The van der Waals surface area contributed by atoms with E-state index in [9.17, 15) is 13.2 Å². The highest BCUT2D eigenvalue weighted by molar-refractivity contribution is 5.36.